The number of fused-ring (bicyclic) bond motifs is 1. The van der Waals surface area contributed by atoms with Crippen molar-refractivity contribution in [3.05, 3.63) is 24.4 Å². The van der Waals surface area contributed by atoms with Crippen molar-refractivity contribution in [2.75, 3.05) is 41.6 Å². The van der Waals surface area contributed by atoms with E-state index < -0.39 is 22.2 Å². The minimum absolute atomic E-state index is 0.110. The van der Waals surface area contributed by atoms with Gasteiger partial charge in [-0.1, -0.05) is 19.4 Å². The quantitative estimate of drug-likeness (QED) is 0.596. The number of piperazine rings is 1. The van der Waals surface area contributed by atoms with Crippen LogP contribution < -0.4 is 14.9 Å². The van der Waals surface area contributed by atoms with Crippen molar-refractivity contribution in [3.8, 4) is 0 Å². The lowest BCUT2D eigenvalue weighted by Gasteiger charge is -2.29. The largest absolute Gasteiger partial charge is 0.490 e. The maximum atomic E-state index is 12.2. The van der Waals surface area contributed by atoms with Crippen molar-refractivity contribution in [3.63, 3.8) is 0 Å². The number of anilines is 2. The molecule has 13 heteroatoms. The molecule has 3 N–H and O–H groups in total. The van der Waals surface area contributed by atoms with E-state index in [1.807, 2.05) is 19.1 Å². The number of carboxylic acids is 1. The zero-order chi connectivity index (χ0) is 23.1. The predicted molar refractivity (Wildman–Crippen MR) is 111 cm³/mol. The Bertz CT molecular complexity index is 995. The van der Waals surface area contributed by atoms with E-state index in [1.165, 1.54) is 0 Å². The first-order valence-electron chi connectivity index (χ1n) is 9.55. The molecule has 0 saturated carbocycles. The number of hydrogen-bond donors (Lipinski definition) is 3. The molecule has 0 atom stereocenters. The van der Waals surface area contributed by atoms with Crippen LogP contribution in [-0.4, -0.2) is 67.6 Å². The van der Waals surface area contributed by atoms with Crippen molar-refractivity contribution < 1.29 is 31.5 Å². The molecule has 2 aromatic heterocycles. The van der Waals surface area contributed by atoms with Gasteiger partial charge in [0.1, 0.15) is 11.3 Å². The van der Waals surface area contributed by atoms with E-state index in [-0.39, 0.29) is 5.75 Å². The summed E-state index contributed by atoms with van der Waals surface area (Å²) in [6, 6.07) is 5.52. The molecule has 1 aliphatic rings. The molecule has 0 bridgehead atoms. The van der Waals surface area contributed by atoms with Crippen LogP contribution in [0.4, 0.5) is 24.8 Å². The second-order valence-electron chi connectivity index (χ2n) is 6.72. The van der Waals surface area contributed by atoms with Crippen LogP contribution in [0.15, 0.2) is 24.4 Å². The highest BCUT2D eigenvalue weighted by atomic mass is 32.2. The van der Waals surface area contributed by atoms with Gasteiger partial charge in [-0.2, -0.15) is 13.2 Å². The molecular weight excluding hydrogens is 439 g/mol. The second-order valence-corrected chi connectivity index (χ2v) is 8.56. The third-order valence-electron chi connectivity index (χ3n) is 4.26. The Balaban J connectivity index is 0.000000423. The van der Waals surface area contributed by atoms with Crippen LogP contribution in [0.1, 0.15) is 19.8 Å². The Morgan fingerprint density at radius 3 is 2.55 bits per heavy atom. The summed E-state index contributed by atoms with van der Waals surface area (Å²) in [5.41, 5.74) is 0.802. The van der Waals surface area contributed by atoms with E-state index in [1.54, 1.807) is 12.3 Å². The summed E-state index contributed by atoms with van der Waals surface area (Å²) in [4.78, 5) is 20.0. The van der Waals surface area contributed by atoms with Crippen LogP contribution in [0.25, 0.3) is 10.9 Å². The van der Waals surface area contributed by atoms with E-state index in [0.717, 1.165) is 49.3 Å². The van der Waals surface area contributed by atoms with E-state index >= 15 is 0 Å². The van der Waals surface area contributed by atoms with E-state index in [9.17, 15) is 21.6 Å². The number of pyridine rings is 2. The number of aromatic nitrogens is 2. The molecule has 172 valence electrons. The Morgan fingerprint density at radius 1 is 1.32 bits per heavy atom. The van der Waals surface area contributed by atoms with Gasteiger partial charge in [0, 0.05) is 37.8 Å². The van der Waals surface area contributed by atoms with Crippen molar-refractivity contribution in [2.45, 2.75) is 25.9 Å². The zero-order valence-electron chi connectivity index (χ0n) is 16.8. The highest BCUT2D eigenvalue weighted by Crippen LogP contribution is 2.26. The lowest BCUT2D eigenvalue weighted by Crippen LogP contribution is -2.44. The third-order valence-corrected chi connectivity index (χ3v) is 5.60. The van der Waals surface area contributed by atoms with Gasteiger partial charge in [0.05, 0.1) is 5.75 Å². The summed E-state index contributed by atoms with van der Waals surface area (Å²) in [7, 11) is -3.38. The number of nitrogens with zero attached hydrogens (tertiary/aromatic N) is 3. The van der Waals surface area contributed by atoms with Crippen LogP contribution in [-0.2, 0) is 14.8 Å². The number of carboxylic acid groups (broad SMARTS) is 1. The number of hydrogen-bond acceptors (Lipinski definition) is 7. The van der Waals surface area contributed by atoms with Crippen LogP contribution >= 0.6 is 0 Å². The van der Waals surface area contributed by atoms with Gasteiger partial charge in [-0.15, -0.1) is 0 Å². The van der Waals surface area contributed by atoms with Gasteiger partial charge in [-0.3, -0.25) is 9.71 Å². The molecule has 1 saturated heterocycles. The number of nitrogens with one attached hydrogen (secondary N) is 2. The average molecular weight is 463 g/mol. The number of unbranched alkanes of at least 4 members (excludes halogenated alkanes) is 1. The maximum absolute atomic E-state index is 12.2. The average Bonchev–Trinajstić information content (AvgIpc) is 2.72. The van der Waals surface area contributed by atoms with E-state index in [4.69, 9.17) is 9.90 Å². The Hall–Kier alpha value is -2.67. The molecule has 0 spiro atoms. The second kappa shape index (κ2) is 10.6. The normalized spacial score (nSPS) is 14.6. The highest BCUT2D eigenvalue weighted by molar-refractivity contribution is 7.92. The lowest BCUT2D eigenvalue weighted by atomic mass is 10.2. The third kappa shape index (κ3) is 7.51. The molecule has 9 nitrogen and oxygen atoms in total. The van der Waals surface area contributed by atoms with Gasteiger partial charge >= 0.3 is 12.1 Å². The number of sulfonamides is 1. The highest BCUT2D eigenvalue weighted by Gasteiger charge is 2.38. The molecule has 0 radical (unpaired) electrons. The first kappa shape index (κ1) is 24.6. The number of rotatable bonds is 6. The minimum Gasteiger partial charge on any atom is -0.475 e. The number of aliphatic carboxylic acids is 1. The summed E-state index contributed by atoms with van der Waals surface area (Å²) in [5.74, 6) is -1.55. The topological polar surface area (TPSA) is 125 Å². The van der Waals surface area contributed by atoms with Crippen molar-refractivity contribution in [1.82, 2.24) is 15.3 Å². The van der Waals surface area contributed by atoms with Crippen molar-refractivity contribution in [2.24, 2.45) is 0 Å². The molecule has 31 heavy (non-hydrogen) atoms. The van der Waals surface area contributed by atoms with Crippen molar-refractivity contribution in [1.29, 1.82) is 0 Å². The molecule has 2 aromatic rings. The smallest absolute Gasteiger partial charge is 0.475 e. The van der Waals surface area contributed by atoms with Crippen LogP contribution in [0.3, 0.4) is 0 Å². The van der Waals surface area contributed by atoms with Crippen LogP contribution in [0.2, 0.25) is 0 Å². The first-order chi connectivity index (χ1) is 14.5. The maximum Gasteiger partial charge on any atom is 0.490 e. The minimum atomic E-state index is -5.08. The monoisotopic (exact) mass is 463 g/mol. The summed E-state index contributed by atoms with van der Waals surface area (Å²) >= 11 is 0. The SMILES string of the molecule is CCCCS(=O)(=O)Nc1cc2cccnc2c(N2CCNCC2)n1.O=C(O)C(F)(F)F. The molecule has 0 aliphatic carbocycles. The molecule has 3 rings (SSSR count). The molecule has 3 heterocycles. The fraction of sp³-hybridized carbons (Fsp3) is 0.500. The summed E-state index contributed by atoms with van der Waals surface area (Å²) in [5, 5.41) is 11.3. The molecule has 0 unspecified atom stereocenters. The van der Waals surface area contributed by atoms with Gasteiger partial charge in [-0.05, 0) is 18.6 Å². The lowest BCUT2D eigenvalue weighted by molar-refractivity contribution is -0.192. The number of halogens is 3. The Kier molecular flexibility index (Phi) is 8.39. The van der Waals surface area contributed by atoms with Gasteiger partial charge in [0.2, 0.25) is 10.0 Å². The van der Waals surface area contributed by atoms with E-state index in [2.05, 4.69) is 24.9 Å². The van der Waals surface area contributed by atoms with Gasteiger partial charge < -0.3 is 15.3 Å². The standard InChI is InChI=1S/C16H23N5O2S.C2HF3O2/c1-2-3-11-24(22,23)20-14-12-13-5-4-6-18-15(13)16(19-14)21-9-7-17-8-10-21;3-2(4,5)1(6)7/h4-6,12,17H,2-3,7-11H2,1H3,(H,19,20);(H,6,7). The van der Waals surface area contributed by atoms with Crippen molar-refractivity contribution >= 4 is 38.5 Å². The van der Waals surface area contributed by atoms with Gasteiger partial charge in [0.15, 0.2) is 5.82 Å². The summed E-state index contributed by atoms with van der Waals surface area (Å²) < 4.78 is 58.7. The first-order valence-corrected chi connectivity index (χ1v) is 11.2. The molecule has 0 amide bonds. The summed E-state index contributed by atoms with van der Waals surface area (Å²) in [6.45, 7) is 5.37. The Morgan fingerprint density at radius 2 is 1.97 bits per heavy atom. The van der Waals surface area contributed by atoms with Crippen LogP contribution in [0, 0.1) is 0 Å². The van der Waals surface area contributed by atoms with Gasteiger partial charge in [0.25, 0.3) is 0 Å². The zero-order valence-corrected chi connectivity index (χ0v) is 17.6. The number of alkyl halides is 3. The fourth-order valence-corrected chi connectivity index (χ4v) is 3.96. The fourth-order valence-electron chi connectivity index (χ4n) is 2.76. The van der Waals surface area contributed by atoms with Gasteiger partial charge in [-0.25, -0.2) is 18.2 Å². The number of carbonyl (C=O) groups is 1. The molecule has 1 aliphatic heterocycles. The Labute approximate surface area is 177 Å². The van der Waals surface area contributed by atoms with Crippen LogP contribution in [0.5, 0.6) is 0 Å². The predicted octanol–water partition coefficient (Wildman–Crippen LogP) is 2.21. The molecule has 0 aromatic carbocycles. The van der Waals surface area contributed by atoms with E-state index in [0.29, 0.717) is 12.2 Å². The molecule has 1 fully saturated rings. The molecular formula is C18H24F3N5O4S. The summed E-state index contributed by atoms with van der Waals surface area (Å²) in [6.07, 6.45) is -1.88.